The number of hydrogen-bond acceptors (Lipinski definition) is 1. The minimum absolute atomic E-state index is 0.326. The Kier molecular flexibility index (Phi) is 3.42. The van der Waals surface area contributed by atoms with Gasteiger partial charge in [-0.3, -0.25) is 0 Å². The van der Waals surface area contributed by atoms with Crippen LogP contribution in [0.3, 0.4) is 0 Å². The summed E-state index contributed by atoms with van der Waals surface area (Å²) < 4.78 is 26.7. The molecule has 0 spiro atoms. The Bertz CT molecular complexity index is 442. The van der Waals surface area contributed by atoms with E-state index in [1.807, 2.05) is 0 Å². The molecule has 0 aliphatic heterocycles. The minimum atomic E-state index is -0.827. The summed E-state index contributed by atoms with van der Waals surface area (Å²) in [6, 6.07) is 6.51. The van der Waals surface area contributed by atoms with Gasteiger partial charge >= 0.3 is 0 Å². The van der Waals surface area contributed by atoms with Gasteiger partial charge in [0.1, 0.15) is 0 Å². The maximum atomic E-state index is 13.6. The molecule has 17 heavy (non-hydrogen) atoms. The van der Waals surface area contributed by atoms with Crippen LogP contribution in [0.1, 0.15) is 37.7 Å². The van der Waals surface area contributed by atoms with E-state index in [-0.39, 0.29) is 0 Å². The maximum absolute atomic E-state index is 13.6. The molecule has 1 nitrogen and oxygen atoms in total. The van der Waals surface area contributed by atoms with Crippen molar-refractivity contribution in [2.75, 3.05) is 0 Å². The Morgan fingerprint density at radius 2 is 1.88 bits per heavy atom. The lowest BCUT2D eigenvalue weighted by molar-refractivity contribution is 0.262. The molecule has 3 heteroatoms. The molecule has 90 valence electrons. The van der Waals surface area contributed by atoms with Crippen molar-refractivity contribution in [2.45, 2.75) is 38.5 Å². The van der Waals surface area contributed by atoms with Crippen LogP contribution < -0.4 is 0 Å². The molecule has 2 rings (SSSR count). The molecule has 1 saturated carbocycles. The van der Waals surface area contributed by atoms with Gasteiger partial charge in [-0.1, -0.05) is 31.4 Å². The first kappa shape index (κ1) is 12.0. The SMILES string of the molecule is N#CC1(Cc2cccc(F)c2F)CCCCC1. The van der Waals surface area contributed by atoms with E-state index in [1.165, 1.54) is 6.07 Å². The molecule has 1 fully saturated rings. The fourth-order valence-corrected chi connectivity index (χ4v) is 2.61. The molecular formula is C14H15F2N. The first-order valence-corrected chi connectivity index (χ1v) is 6.01. The van der Waals surface area contributed by atoms with Crippen molar-refractivity contribution < 1.29 is 8.78 Å². The Hall–Kier alpha value is -1.43. The second-order valence-corrected chi connectivity index (χ2v) is 4.84. The van der Waals surface area contributed by atoms with E-state index in [9.17, 15) is 14.0 Å². The average molecular weight is 235 g/mol. The third-order valence-electron chi connectivity index (χ3n) is 3.61. The van der Waals surface area contributed by atoms with Gasteiger partial charge in [-0.05, 0) is 30.9 Å². The molecule has 1 aliphatic carbocycles. The Labute approximate surface area is 100 Å². The average Bonchev–Trinajstić information content (AvgIpc) is 2.36. The van der Waals surface area contributed by atoms with E-state index in [4.69, 9.17) is 0 Å². The van der Waals surface area contributed by atoms with Gasteiger partial charge in [0.25, 0.3) is 0 Å². The van der Waals surface area contributed by atoms with E-state index in [1.54, 1.807) is 6.07 Å². The van der Waals surface area contributed by atoms with Crippen molar-refractivity contribution >= 4 is 0 Å². The highest BCUT2D eigenvalue weighted by Gasteiger charge is 2.33. The van der Waals surface area contributed by atoms with Gasteiger partial charge in [0.05, 0.1) is 11.5 Å². The first-order valence-electron chi connectivity index (χ1n) is 6.01. The summed E-state index contributed by atoms with van der Waals surface area (Å²) in [5.74, 6) is -1.63. The van der Waals surface area contributed by atoms with Crippen LogP contribution in [-0.2, 0) is 6.42 Å². The molecule has 1 aromatic rings. The molecule has 1 aromatic carbocycles. The standard InChI is InChI=1S/C14H15F2N/c15-12-6-4-5-11(13(12)16)9-14(10-17)7-2-1-3-8-14/h4-6H,1-3,7-9H2. The maximum Gasteiger partial charge on any atom is 0.162 e. The predicted octanol–water partition coefficient (Wildman–Crippen LogP) is 3.98. The molecule has 0 radical (unpaired) electrons. The zero-order valence-electron chi connectivity index (χ0n) is 9.68. The van der Waals surface area contributed by atoms with Crippen molar-refractivity contribution in [1.29, 1.82) is 5.26 Å². The molecule has 0 N–H and O–H groups in total. The number of benzene rings is 1. The fraction of sp³-hybridized carbons (Fsp3) is 0.500. The zero-order chi connectivity index (χ0) is 12.3. The summed E-state index contributed by atoms with van der Waals surface area (Å²) in [6.45, 7) is 0. The summed E-state index contributed by atoms with van der Waals surface area (Å²) in [4.78, 5) is 0. The van der Waals surface area contributed by atoms with Crippen molar-refractivity contribution in [3.63, 3.8) is 0 Å². The van der Waals surface area contributed by atoms with Gasteiger partial charge < -0.3 is 0 Å². The van der Waals surface area contributed by atoms with Crippen molar-refractivity contribution in [1.82, 2.24) is 0 Å². The third-order valence-corrected chi connectivity index (χ3v) is 3.61. The molecule has 0 saturated heterocycles. The lowest BCUT2D eigenvalue weighted by Gasteiger charge is -2.30. The summed E-state index contributed by atoms with van der Waals surface area (Å²) in [5, 5.41) is 9.30. The van der Waals surface area contributed by atoms with Gasteiger partial charge in [-0.2, -0.15) is 5.26 Å². The van der Waals surface area contributed by atoms with Crippen molar-refractivity contribution in [3.8, 4) is 6.07 Å². The lowest BCUT2D eigenvalue weighted by atomic mass is 9.71. The normalized spacial score (nSPS) is 18.6. The lowest BCUT2D eigenvalue weighted by Crippen LogP contribution is -2.25. The third kappa shape index (κ3) is 2.46. The molecule has 0 atom stereocenters. The monoisotopic (exact) mass is 235 g/mol. The Balaban J connectivity index is 2.24. The van der Waals surface area contributed by atoms with Crippen LogP contribution in [0.2, 0.25) is 0 Å². The van der Waals surface area contributed by atoms with Gasteiger partial charge in [-0.15, -0.1) is 0 Å². The molecule has 0 aromatic heterocycles. The van der Waals surface area contributed by atoms with Gasteiger partial charge in [-0.25, -0.2) is 8.78 Å². The Morgan fingerprint density at radius 3 is 2.53 bits per heavy atom. The number of halogens is 2. The zero-order valence-corrected chi connectivity index (χ0v) is 9.68. The number of rotatable bonds is 2. The predicted molar refractivity (Wildman–Crippen MR) is 61.2 cm³/mol. The number of nitriles is 1. The first-order chi connectivity index (χ1) is 8.17. The van der Waals surface area contributed by atoms with Crippen molar-refractivity contribution in [2.24, 2.45) is 5.41 Å². The van der Waals surface area contributed by atoms with Crippen LogP contribution in [0.5, 0.6) is 0 Å². The molecule has 0 bridgehead atoms. The highest BCUT2D eigenvalue weighted by molar-refractivity contribution is 5.22. The largest absolute Gasteiger partial charge is 0.204 e. The molecule has 1 aliphatic rings. The van der Waals surface area contributed by atoms with Crippen LogP contribution >= 0.6 is 0 Å². The number of hydrogen-bond donors (Lipinski definition) is 0. The fourth-order valence-electron chi connectivity index (χ4n) is 2.61. The van der Waals surface area contributed by atoms with Crippen molar-refractivity contribution in [3.05, 3.63) is 35.4 Å². The number of nitrogens with zero attached hydrogens (tertiary/aromatic N) is 1. The summed E-state index contributed by atoms with van der Waals surface area (Å²) >= 11 is 0. The topological polar surface area (TPSA) is 23.8 Å². The van der Waals surface area contributed by atoms with E-state index in [0.717, 1.165) is 38.2 Å². The molecule has 0 unspecified atom stereocenters. The smallest absolute Gasteiger partial charge is 0.162 e. The molecule has 0 amide bonds. The quantitative estimate of drug-likeness (QED) is 0.760. The minimum Gasteiger partial charge on any atom is -0.204 e. The van der Waals surface area contributed by atoms with Crippen LogP contribution in [0.4, 0.5) is 8.78 Å². The highest BCUT2D eigenvalue weighted by Crippen LogP contribution is 2.39. The van der Waals surface area contributed by atoms with E-state index >= 15 is 0 Å². The second kappa shape index (κ2) is 4.83. The van der Waals surface area contributed by atoms with Crippen LogP contribution in [-0.4, -0.2) is 0 Å². The summed E-state index contributed by atoms with van der Waals surface area (Å²) in [6.07, 6.45) is 5.05. The van der Waals surface area contributed by atoms with Crippen LogP contribution in [0.15, 0.2) is 18.2 Å². The van der Waals surface area contributed by atoms with E-state index in [0.29, 0.717) is 12.0 Å². The Morgan fingerprint density at radius 1 is 1.18 bits per heavy atom. The van der Waals surface area contributed by atoms with Gasteiger partial charge in [0.15, 0.2) is 11.6 Å². The van der Waals surface area contributed by atoms with Crippen LogP contribution in [0.25, 0.3) is 0 Å². The highest BCUT2D eigenvalue weighted by atomic mass is 19.2. The molecule has 0 heterocycles. The van der Waals surface area contributed by atoms with Crippen LogP contribution in [0, 0.1) is 28.4 Å². The van der Waals surface area contributed by atoms with E-state index in [2.05, 4.69) is 6.07 Å². The second-order valence-electron chi connectivity index (χ2n) is 4.84. The van der Waals surface area contributed by atoms with Gasteiger partial charge in [0.2, 0.25) is 0 Å². The molecular weight excluding hydrogens is 220 g/mol. The summed E-state index contributed by atoms with van der Waals surface area (Å²) in [5.41, 5.74) is -0.166. The van der Waals surface area contributed by atoms with Gasteiger partial charge in [0, 0.05) is 0 Å². The summed E-state index contributed by atoms with van der Waals surface area (Å²) in [7, 11) is 0. The van der Waals surface area contributed by atoms with E-state index < -0.39 is 17.0 Å².